The topological polar surface area (TPSA) is 172 Å². The number of carbonyl (C=O) groups is 2. The number of ether oxygens (including phenoxy) is 1. The largest absolute Gasteiger partial charge is 0.508 e. The number of aryl methyl sites for hydroxylation is 1. The second-order valence-corrected chi connectivity index (χ2v) is 14.5. The van der Waals surface area contributed by atoms with Crippen LogP contribution in [0.1, 0.15) is 128 Å². The van der Waals surface area contributed by atoms with Gasteiger partial charge in [-0.25, -0.2) is 0 Å². The number of aliphatic hydroxyl groups is 1. The fourth-order valence-corrected chi connectivity index (χ4v) is 6.94. The average Bonchev–Trinajstić information content (AvgIpc) is 3.70. The third kappa shape index (κ3) is 13.6. The van der Waals surface area contributed by atoms with Gasteiger partial charge in [-0.1, -0.05) is 87.6 Å². The number of phenolic OH excluding ortho intramolecular Hbond substituents is 2. The van der Waals surface area contributed by atoms with E-state index in [-0.39, 0.29) is 42.2 Å². The molecule has 0 aliphatic rings. The summed E-state index contributed by atoms with van der Waals surface area (Å²) in [6, 6.07) is 19.7. The van der Waals surface area contributed by atoms with Gasteiger partial charge in [0.1, 0.15) is 5.75 Å². The molecule has 1 aromatic heterocycles. The summed E-state index contributed by atoms with van der Waals surface area (Å²) < 4.78 is 6.01. The third-order valence-electron chi connectivity index (χ3n) is 10.0. The van der Waals surface area contributed by atoms with Crippen LogP contribution in [0.4, 0.5) is 0 Å². The molecular formula is C45H59N3O6. The molecule has 1 heterocycles. The van der Waals surface area contributed by atoms with Crippen molar-refractivity contribution in [1.82, 2.24) is 4.98 Å². The minimum atomic E-state index is -0.623. The first-order valence-corrected chi connectivity index (χ1v) is 19.4. The van der Waals surface area contributed by atoms with Gasteiger partial charge in [0.15, 0.2) is 23.1 Å². The molecule has 0 radical (unpaired) electrons. The lowest BCUT2D eigenvalue weighted by atomic mass is 9.84. The zero-order chi connectivity index (χ0) is 38.9. The van der Waals surface area contributed by atoms with E-state index in [1.165, 1.54) is 19.3 Å². The average molecular weight is 738 g/mol. The van der Waals surface area contributed by atoms with Crippen molar-refractivity contribution in [3.8, 4) is 17.2 Å². The van der Waals surface area contributed by atoms with E-state index in [0.717, 1.165) is 54.4 Å². The molecule has 0 saturated heterocycles. The number of benzene rings is 3. The molecule has 8 N–H and O–H groups in total. The van der Waals surface area contributed by atoms with E-state index in [4.69, 9.17) is 16.2 Å². The van der Waals surface area contributed by atoms with E-state index in [9.17, 15) is 24.9 Å². The number of aromatic amines is 1. The van der Waals surface area contributed by atoms with E-state index in [1.807, 2.05) is 49.4 Å². The lowest BCUT2D eigenvalue weighted by molar-refractivity contribution is -0.114. The fraction of sp³-hybridized carbons (Fsp3) is 0.422. The molecule has 290 valence electrons. The molecule has 0 spiro atoms. The number of unbranched alkanes of at least 4 members (excludes halogenated alkanes) is 3. The lowest BCUT2D eigenvalue weighted by Crippen LogP contribution is -2.20. The van der Waals surface area contributed by atoms with Crippen LogP contribution in [-0.4, -0.2) is 44.6 Å². The SMILES string of the molecule is CCCCC[C@H](CCC/C=C/C(=O)CCc1ccc(O)c(OCCc2ccc(O)c([C@H](CC(=O)c3cc[nH]c3)c3ccc(C(N)N)cc3)c2)c1)C[C@H](C)O. The molecular weight excluding hydrogens is 679 g/mol. The summed E-state index contributed by atoms with van der Waals surface area (Å²) in [7, 11) is 0. The van der Waals surface area contributed by atoms with Gasteiger partial charge in [0.05, 0.1) is 18.9 Å². The minimum absolute atomic E-state index is 0.0175. The molecule has 4 rings (SSSR count). The van der Waals surface area contributed by atoms with Gasteiger partial charge in [0.25, 0.3) is 0 Å². The number of hydrogen-bond acceptors (Lipinski definition) is 8. The van der Waals surface area contributed by atoms with Crippen LogP contribution in [0, 0.1) is 5.92 Å². The predicted molar refractivity (Wildman–Crippen MR) is 215 cm³/mol. The number of nitrogens with two attached hydrogens (primary N) is 2. The summed E-state index contributed by atoms with van der Waals surface area (Å²) in [5.41, 5.74) is 16.3. The molecule has 0 fully saturated rings. The number of aliphatic hydroxyl groups excluding tert-OH is 1. The first-order valence-electron chi connectivity index (χ1n) is 19.4. The Morgan fingerprint density at radius 2 is 1.57 bits per heavy atom. The van der Waals surface area contributed by atoms with Crippen LogP contribution in [0.5, 0.6) is 17.2 Å². The van der Waals surface area contributed by atoms with Crippen molar-refractivity contribution in [1.29, 1.82) is 0 Å². The Morgan fingerprint density at radius 1 is 0.870 bits per heavy atom. The Balaban J connectivity index is 1.32. The van der Waals surface area contributed by atoms with Crippen molar-refractivity contribution in [3.05, 3.63) is 125 Å². The summed E-state index contributed by atoms with van der Waals surface area (Å²) in [4.78, 5) is 28.8. The maximum absolute atomic E-state index is 13.2. The van der Waals surface area contributed by atoms with Crippen LogP contribution in [-0.2, 0) is 17.6 Å². The van der Waals surface area contributed by atoms with E-state index in [1.54, 1.807) is 48.8 Å². The van der Waals surface area contributed by atoms with Gasteiger partial charge in [-0.15, -0.1) is 0 Å². The Hall–Kier alpha value is -4.70. The number of carbonyl (C=O) groups excluding carboxylic acids is 2. The van der Waals surface area contributed by atoms with Gasteiger partial charge in [0, 0.05) is 48.7 Å². The second-order valence-electron chi connectivity index (χ2n) is 14.5. The van der Waals surface area contributed by atoms with Gasteiger partial charge in [0.2, 0.25) is 0 Å². The van der Waals surface area contributed by atoms with Crippen molar-refractivity contribution in [2.45, 2.75) is 109 Å². The second kappa shape index (κ2) is 21.9. The summed E-state index contributed by atoms with van der Waals surface area (Å²) in [5, 5.41) is 31.4. The summed E-state index contributed by atoms with van der Waals surface area (Å²) >= 11 is 0. The van der Waals surface area contributed by atoms with Crippen LogP contribution in [0.15, 0.2) is 91.3 Å². The fourth-order valence-electron chi connectivity index (χ4n) is 6.94. The molecule has 3 atom stereocenters. The molecule has 54 heavy (non-hydrogen) atoms. The normalized spacial score (nSPS) is 13.3. The highest BCUT2D eigenvalue weighted by Crippen LogP contribution is 2.36. The highest BCUT2D eigenvalue weighted by Gasteiger charge is 2.23. The first kappa shape index (κ1) is 42.0. The molecule has 3 aromatic carbocycles. The Labute approximate surface area is 320 Å². The molecule has 0 unspecified atom stereocenters. The number of ketones is 2. The van der Waals surface area contributed by atoms with E-state index < -0.39 is 12.1 Å². The van der Waals surface area contributed by atoms with Crippen molar-refractivity contribution >= 4 is 11.6 Å². The summed E-state index contributed by atoms with van der Waals surface area (Å²) in [6.07, 6.45) is 16.1. The quantitative estimate of drug-likeness (QED) is 0.0180. The highest BCUT2D eigenvalue weighted by atomic mass is 16.5. The molecule has 9 heteroatoms. The van der Waals surface area contributed by atoms with Crippen molar-refractivity contribution in [2.24, 2.45) is 17.4 Å². The minimum Gasteiger partial charge on any atom is -0.508 e. The number of aromatic hydroxyl groups is 2. The van der Waals surface area contributed by atoms with Crippen molar-refractivity contribution in [3.63, 3.8) is 0 Å². The molecule has 9 nitrogen and oxygen atoms in total. The number of aromatic nitrogens is 1. The lowest BCUT2D eigenvalue weighted by Gasteiger charge is -2.20. The number of allylic oxidation sites excluding steroid dienone is 2. The third-order valence-corrected chi connectivity index (χ3v) is 10.0. The van der Waals surface area contributed by atoms with Crippen LogP contribution in [0.25, 0.3) is 0 Å². The number of phenols is 2. The number of Topliss-reactive ketones (excluding diaryl/α,β-unsaturated/α-hetero) is 1. The monoisotopic (exact) mass is 737 g/mol. The van der Waals surface area contributed by atoms with Gasteiger partial charge in [-0.3, -0.25) is 9.59 Å². The van der Waals surface area contributed by atoms with Crippen LogP contribution < -0.4 is 16.2 Å². The zero-order valence-corrected chi connectivity index (χ0v) is 31.9. The van der Waals surface area contributed by atoms with Gasteiger partial charge in [-0.05, 0) is 91.1 Å². The number of nitrogens with one attached hydrogen (secondary N) is 1. The van der Waals surface area contributed by atoms with Crippen LogP contribution in [0.2, 0.25) is 0 Å². The standard InChI is InChI=1S/C45H59N3O6/c1-3-4-6-9-32(26-31(2)49)10-7-5-8-11-38(50)19-12-33-14-21-42(52)44(28-33)54-25-23-34-13-20-41(51)40(27-34)39(29-43(53)37-22-24-48-30-37)35-15-17-36(18-16-35)45(46)47/h8,11,13-18,20-22,24,27-28,30-32,39,45,48-49,51-52H,3-7,9-10,12,19,23,25-26,29,46-47H2,1-2H3/b11-8+/t31-,32+,39+/m0/s1. The summed E-state index contributed by atoms with van der Waals surface area (Å²) in [5.74, 6) is 0.540. The molecule has 0 amide bonds. The van der Waals surface area contributed by atoms with E-state index in [2.05, 4.69) is 11.9 Å². The van der Waals surface area contributed by atoms with E-state index in [0.29, 0.717) is 42.1 Å². The molecule has 0 aliphatic heterocycles. The Kier molecular flexibility index (Phi) is 17.0. The van der Waals surface area contributed by atoms with Gasteiger partial charge in [-0.2, -0.15) is 0 Å². The van der Waals surface area contributed by atoms with Crippen molar-refractivity contribution in [2.75, 3.05) is 6.61 Å². The van der Waals surface area contributed by atoms with E-state index >= 15 is 0 Å². The maximum Gasteiger partial charge on any atom is 0.165 e. The van der Waals surface area contributed by atoms with Crippen molar-refractivity contribution < 1.29 is 29.6 Å². The van der Waals surface area contributed by atoms with Crippen LogP contribution >= 0.6 is 0 Å². The smallest absolute Gasteiger partial charge is 0.165 e. The van der Waals surface area contributed by atoms with Gasteiger partial charge >= 0.3 is 0 Å². The number of hydrogen-bond donors (Lipinski definition) is 6. The maximum atomic E-state index is 13.2. The van der Waals surface area contributed by atoms with Crippen LogP contribution in [0.3, 0.4) is 0 Å². The number of rotatable bonds is 24. The Bertz CT molecular complexity index is 1760. The molecule has 0 saturated carbocycles. The highest BCUT2D eigenvalue weighted by molar-refractivity contribution is 5.96. The number of H-pyrrole nitrogens is 1. The molecule has 0 bridgehead atoms. The first-order chi connectivity index (χ1) is 26.0. The molecule has 0 aliphatic carbocycles. The zero-order valence-electron chi connectivity index (χ0n) is 31.9. The van der Waals surface area contributed by atoms with Gasteiger partial charge < -0.3 is 36.5 Å². The predicted octanol–water partition coefficient (Wildman–Crippen LogP) is 8.56. The summed E-state index contributed by atoms with van der Waals surface area (Å²) in [6.45, 7) is 4.32. The molecule has 4 aromatic rings. The Morgan fingerprint density at radius 3 is 2.26 bits per heavy atom.